The van der Waals surface area contributed by atoms with Gasteiger partial charge in [0.25, 0.3) is 0 Å². The van der Waals surface area contributed by atoms with Crippen LogP contribution in [0.4, 0.5) is 0 Å². The Hall–Kier alpha value is -4.94. The molecule has 0 amide bonds. The summed E-state index contributed by atoms with van der Waals surface area (Å²) in [7, 11) is 0. The molecule has 1 aliphatic rings. The number of hydrogen-bond acceptors (Lipinski definition) is 0. The smallest absolute Gasteiger partial charge is 0.0158 e. The SMILES string of the molecule is CC1(C)c2ccccc2-c2cc(-c3c4ccccc4c(-c4ccccc4-c4ccccc4)c4ccccc34)ccc21. The van der Waals surface area contributed by atoms with Crippen LogP contribution in [0.5, 0.6) is 0 Å². The van der Waals surface area contributed by atoms with Crippen LogP contribution in [-0.4, -0.2) is 0 Å². The Balaban J connectivity index is 1.45. The molecule has 0 fully saturated rings. The zero-order chi connectivity index (χ0) is 27.6. The lowest BCUT2D eigenvalue weighted by Crippen LogP contribution is -2.14. The van der Waals surface area contributed by atoms with E-state index in [0.717, 1.165) is 0 Å². The van der Waals surface area contributed by atoms with Crippen molar-refractivity contribution < 1.29 is 0 Å². The lowest BCUT2D eigenvalue weighted by Gasteiger charge is -2.22. The van der Waals surface area contributed by atoms with Gasteiger partial charge in [-0.25, -0.2) is 0 Å². The van der Waals surface area contributed by atoms with Crippen molar-refractivity contribution in [3.05, 3.63) is 157 Å². The molecule has 1 aliphatic carbocycles. The molecular weight excluding hydrogens is 492 g/mol. The zero-order valence-electron chi connectivity index (χ0n) is 23.4. The summed E-state index contributed by atoms with van der Waals surface area (Å²) in [4.78, 5) is 0. The van der Waals surface area contributed by atoms with Crippen molar-refractivity contribution in [1.82, 2.24) is 0 Å². The van der Waals surface area contributed by atoms with Crippen LogP contribution in [0.2, 0.25) is 0 Å². The van der Waals surface area contributed by atoms with Gasteiger partial charge in [0.2, 0.25) is 0 Å². The van der Waals surface area contributed by atoms with E-state index < -0.39 is 0 Å². The summed E-state index contributed by atoms with van der Waals surface area (Å²) >= 11 is 0. The summed E-state index contributed by atoms with van der Waals surface area (Å²) in [6.07, 6.45) is 0. The third-order valence-corrected chi connectivity index (χ3v) is 9.08. The molecule has 0 aromatic heterocycles. The standard InChI is InChI=1S/C41H30/c1-41(2)37-23-13-12-17-30(37)36-26-28(24-25-38(36)41)39-32-19-8-10-21-34(32)40(35-22-11-9-20-33(35)39)31-18-7-6-16-29(31)27-14-4-3-5-15-27/h3-26H,1-2H3. The average Bonchev–Trinajstić information content (AvgIpc) is 3.26. The highest BCUT2D eigenvalue weighted by molar-refractivity contribution is 6.22. The van der Waals surface area contributed by atoms with Crippen molar-refractivity contribution in [3.63, 3.8) is 0 Å². The maximum atomic E-state index is 2.44. The minimum Gasteiger partial charge on any atom is -0.0622 e. The normalized spacial score (nSPS) is 13.3. The van der Waals surface area contributed by atoms with E-state index in [1.54, 1.807) is 0 Å². The van der Waals surface area contributed by atoms with Crippen molar-refractivity contribution in [2.45, 2.75) is 19.3 Å². The van der Waals surface area contributed by atoms with Gasteiger partial charge < -0.3 is 0 Å². The van der Waals surface area contributed by atoms with Crippen molar-refractivity contribution in [1.29, 1.82) is 0 Å². The second-order valence-corrected chi connectivity index (χ2v) is 11.7. The van der Waals surface area contributed by atoms with E-state index in [1.807, 2.05) is 0 Å². The van der Waals surface area contributed by atoms with Gasteiger partial charge in [-0.1, -0.05) is 153 Å². The molecule has 0 nitrogen and oxygen atoms in total. The molecule has 0 radical (unpaired) electrons. The highest BCUT2D eigenvalue weighted by Gasteiger charge is 2.35. The Morgan fingerprint density at radius 1 is 0.341 bits per heavy atom. The maximum absolute atomic E-state index is 2.44. The van der Waals surface area contributed by atoms with Gasteiger partial charge in [-0.05, 0) is 83.2 Å². The van der Waals surface area contributed by atoms with Gasteiger partial charge in [-0.3, -0.25) is 0 Å². The molecule has 7 aromatic carbocycles. The number of fused-ring (bicyclic) bond motifs is 5. The fourth-order valence-corrected chi connectivity index (χ4v) is 7.18. The first kappa shape index (κ1) is 23.9. The topological polar surface area (TPSA) is 0 Å². The third-order valence-electron chi connectivity index (χ3n) is 9.08. The molecule has 194 valence electrons. The van der Waals surface area contributed by atoms with Crippen molar-refractivity contribution >= 4 is 21.5 Å². The van der Waals surface area contributed by atoms with E-state index in [-0.39, 0.29) is 5.41 Å². The molecular formula is C41H30. The first-order valence-electron chi connectivity index (χ1n) is 14.5. The molecule has 0 aliphatic heterocycles. The molecule has 0 spiro atoms. The van der Waals surface area contributed by atoms with Gasteiger partial charge in [0.15, 0.2) is 0 Å². The Morgan fingerprint density at radius 2 is 0.829 bits per heavy atom. The fourth-order valence-electron chi connectivity index (χ4n) is 7.18. The summed E-state index contributed by atoms with van der Waals surface area (Å²) in [5.74, 6) is 0. The molecule has 0 saturated heterocycles. The van der Waals surface area contributed by atoms with E-state index >= 15 is 0 Å². The van der Waals surface area contributed by atoms with Crippen LogP contribution < -0.4 is 0 Å². The number of benzene rings is 7. The minimum atomic E-state index is -0.000398. The molecule has 41 heavy (non-hydrogen) atoms. The lowest BCUT2D eigenvalue weighted by atomic mass is 9.81. The number of hydrogen-bond donors (Lipinski definition) is 0. The van der Waals surface area contributed by atoms with Gasteiger partial charge in [-0.2, -0.15) is 0 Å². The Morgan fingerprint density at radius 3 is 1.49 bits per heavy atom. The summed E-state index contributed by atoms with van der Waals surface area (Å²) in [6, 6.07) is 53.6. The summed E-state index contributed by atoms with van der Waals surface area (Å²) in [5.41, 5.74) is 13.2. The van der Waals surface area contributed by atoms with Crippen molar-refractivity contribution in [3.8, 4) is 44.5 Å². The van der Waals surface area contributed by atoms with Crippen LogP contribution in [0.15, 0.2) is 146 Å². The highest BCUT2D eigenvalue weighted by Crippen LogP contribution is 2.51. The lowest BCUT2D eigenvalue weighted by molar-refractivity contribution is 0.660. The Bertz CT molecular complexity index is 2050. The van der Waals surface area contributed by atoms with Crippen molar-refractivity contribution in [2.24, 2.45) is 0 Å². The third kappa shape index (κ3) is 3.54. The molecule has 0 saturated carbocycles. The molecule has 8 rings (SSSR count). The van der Waals surface area contributed by atoms with Crippen LogP contribution >= 0.6 is 0 Å². The zero-order valence-corrected chi connectivity index (χ0v) is 23.4. The predicted octanol–water partition coefficient (Wildman–Crippen LogP) is 11.3. The highest BCUT2D eigenvalue weighted by atomic mass is 14.4. The minimum absolute atomic E-state index is 0.000398. The van der Waals surface area contributed by atoms with Crippen LogP contribution in [0.25, 0.3) is 66.1 Å². The van der Waals surface area contributed by atoms with Crippen molar-refractivity contribution in [2.75, 3.05) is 0 Å². The predicted molar refractivity (Wildman–Crippen MR) is 175 cm³/mol. The van der Waals surface area contributed by atoms with Gasteiger partial charge in [0.05, 0.1) is 0 Å². The monoisotopic (exact) mass is 522 g/mol. The summed E-state index contributed by atoms with van der Waals surface area (Å²) in [5, 5.41) is 5.14. The molecule has 0 heteroatoms. The van der Waals surface area contributed by atoms with Crippen LogP contribution in [0.3, 0.4) is 0 Å². The second-order valence-electron chi connectivity index (χ2n) is 11.7. The van der Waals surface area contributed by atoms with Gasteiger partial charge in [-0.15, -0.1) is 0 Å². The summed E-state index contributed by atoms with van der Waals surface area (Å²) in [6.45, 7) is 4.70. The first-order chi connectivity index (χ1) is 20.1. The molecule has 0 bridgehead atoms. The Kier molecular flexibility index (Phi) is 5.27. The fraction of sp³-hybridized carbons (Fsp3) is 0.0732. The molecule has 0 atom stereocenters. The van der Waals surface area contributed by atoms with E-state index in [1.165, 1.54) is 77.2 Å². The number of rotatable bonds is 3. The molecule has 0 N–H and O–H groups in total. The first-order valence-corrected chi connectivity index (χ1v) is 14.5. The van der Waals surface area contributed by atoms with Gasteiger partial charge >= 0.3 is 0 Å². The van der Waals surface area contributed by atoms with E-state index in [2.05, 4.69) is 159 Å². The van der Waals surface area contributed by atoms with E-state index in [9.17, 15) is 0 Å². The quantitative estimate of drug-likeness (QED) is 0.202. The van der Waals surface area contributed by atoms with Crippen LogP contribution in [-0.2, 0) is 5.41 Å². The van der Waals surface area contributed by atoms with Gasteiger partial charge in [0.1, 0.15) is 0 Å². The van der Waals surface area contributed by atoms with E-state index in [4.69, 9.17) is 0 Å². The second kappa shape index (κ2) is 9.04. The van der Waals surface area contributed by atoms with Crippen LogP contribution in [0.1, 0.15) is 25.0 Å². The largest absolute Gasteiger partial charge is 0.0622 e. The maximum Gasteiger partial charge on any atom is 0.0158 e. The molecule has 0 unspecified atom stereocenters. The van der Waals surface area contributed by atoms with Gasteiger partial charge in [0, 0.05) is 5.41 Å². The Labute approximate surface area is 241 Å². The molecule has 7 aromatic rings. The summed E-state index contributed by atoms with van der Waals surface area (Å²) < 4.78 is 0. The molecule has 0 heterocycles. The van der Waals surface area contributed by atoms with E-state index in [0.29, 0.717) is 0 Å². The van der Waals surface area contributed by atoms with Crippen LogP contribution in [0, 0.1) is 0 Å². The average molecular weight is 523 g/mol.